The van der Waals surface area contributed by atoms with Gasteiger partial charge in [0.1, 0.15) is 18.1 Å². The van der Waals surface area contributed by atoms with Crippen molar-refractivity contribution in [1.29, 1.82) is 0 Å². The number of H-pyrrole nitrogens is 1. The van der Waals surface area contributed by atoms with Crippen LogP contribution in [0, 0.1) is 0 Å². The lowest BCUT2D eigenvalue weighted by Gasteiger charge is -2.23. The first kappa shape index (κ1) is 26.2. The van der Waals surface area contributed by atoms with Crippen LogP contribution in [-0.2, 0) is 11.4 Å². The average molecular weight is 531 g/mol. The van der Waals surface area contributed by atoms with E-state index in [1.54, 1.807) is 0 Å². The number of hydrogen-bond donors (Lipinski definition) is 4. The van der Waals surface area contributed by atoms with Crippen molar-refractivity contribution >= 4 is 17.5 Å². The van der Waals surface area contributed by atoms with Crippen LogP contribution in [0.5, 0.6) is 5.75 Å². The molecular weight excluding hydrogens is 500 g/mol. The molecule has 0 spiro atoms. The molecule has 4 N–H and O–H groups in total. The van der Waals surface area contributed by atoms with Gasteiger partial charge >= 0.3 is 5.97 Å². The van der Waals surface area contributed by atoms with Gasteiger partial charge in [-0.15, -0.1) is 0 Å². The van der Waals surface area contributed by atoms with E-state index in [4.69, 9.17) is 14.8 Å². The number of carbonyl (C=O) groups excluding carboxylic acids is 1. The quantitative estimate of drug-likeness (QED) is 0.259. The van der Waals surface area contributed by atoms with Crippen molar-refractivity contribution in [2.24, 2.45) is 0 Å². The number of carbonyl (C=O) groups is 2. The Labute approximate surface area is 224 Å². The lowest BCUT2D eigenvalue weighted by Crippen LogP contribution is -2.43. The molecular formula is C29H30N4O6. The number of hydrogen-bond acceptors (Lipinski definition) is 6. The molecule has 10 nitrogen and oxygen atoms in total. The molecule has 1 aliphatic rings. The van der Waals surface area contributed by atoms with Crippen LogP contribution in [0.4, 0.5) is 0 Å². The number of aromatic amines is 1. The number of carboxylic acids is 1. The van der Waals surface area contributed by atoms with E-state index in [-0.39, 0.29) is 22.8 Å². The fourth-order valence-corrected chi connectivity index (χ4v) is 5.00. The van der Waals surface area contributed by atoms with Gasteiger partial charge in [0.2, 0.25) is 0 Å². The summed E-state index contributed by atoms with van der Waals surface area (Å²) in [5.41, 5.74) is 2.89. The summed E-state index contributed by atoms with van der Waals surface area (Å²) >= 11 is 0. The predicted octanol–water partition coefficient (Wildman–Crippen LogP) is 3.49. The molecule has 0 radical (unpaired) electrons. The number of nitrogens with one attached hydrogen (secondary N) is 2. The van der Waals surface area contributed by atoms with E-state index in [0.717, 1.165) is 43.2 Å². The minimum Gasteiger partial charge on any atom is -0.489 e. The van der Waals surface area contributed by atoms with Crippen molar-refractivity contribution < 1.29 is 24.5 Å². The van der Waals surface area contributed by atoms with E-state index in [1.807, 2.05) is 54.6 Å². The third-order valence-electron chi connectivity index (χ3n) is 7.07. The number of amides is 1. The van der Waals surface area contributed by atoms with Gasteiger partial charge in [0.25, 0.3) is 11.5 Å². The number of ether oxygens (including phenoxy) is 1. The van der Waals surface area contributed by atoms with Crippen LogP contribution in [0.1, 0.15) is 59.6 Å². The van der Waals surface area contributed by atoms with Crippen LogP contribution in [0.15, 0.2) is 65.5 Å². The van der Waals surface area contributed by atoms with E-state index in [2.05, 4.69) is 10.4 Å². The Bertz CT molecular complexity index is 1520. The number of benzene rings is 2. The Kier molecular flexibility index (Phi) is 7.74. The molecule has 2 heterocycles. The van der Waals surface area contributed by atoms with E-state index < -0.39 is 24.5 Å². The number of aliphatic carboxylic acids is 1. The Morgan fingerprint density at radius 3 is 2.46 bits per heavy atom. The molecule has 5 rings (SSSR count). The molecule has 202 valence electrons. The standard InChI is InChI=1S/C29H30N4O6/c34-16-23(29(37)38)30-27(35)22-15-24-31-26(25(28(36)33(24)32-22)19-9-5-2-6-10-19)20-11-13-21(14-12-20)39-17-18-7-3-1-4-8-18/h1,3-4,7-8,11-15,19,23,32,34H,2,5-6,9-10,16-17H2,(H,30,35)(H,37,38). The summed E-state index contributed by atoms with van der Waals surface area (Å²) in [6.07, 6.45) is 4.92. The second-order valence-electron chi connectivity index (χ2n) is 9.72. The zero-order chi connectivity index (χ0) is 27.4. The van der Waals surface area contributed by atoms with Gasteiger partial charge in [-0.25, -0.2) is 14.3 Å². The first-order chi connectivity index (χ1) is 18.9. The first-order valence-electron chi connectivity index (χ1n) is 13.0. The zero-order valence-corrected chi connectivity index (χ0v) is 21.3. The van der Waals surface area contributed by atoms with Crippen LogP contribution in [0.2, 0.25) is 0 Å². The van der Waals surface area contributed by atoms with Crippen molar-refractivity contribution in [3.63, 3.8) is 0 Å². The van der Waals surface area contributed by atoms with Crippen LogP contribution in [0.25, 0.3) is 16.9 Å². The summed E-state index contributed by atoms with van der Waals surface area (Å²) < 4.78 is 7.15. The molecule has 0 saturated heterocycles. The Morgan fingerprint density at radius 2 is 1.79 bits per heavy atom. The normalized spacial score (nSPS) is 14.7. The monoisotopic (exact) mass is 530 g/mol. The number of aliphatic hydroxyl groups is 1. The first-order valence-corrected chi connectivity index (χ1v) is 13.0. The lowest BCUT2D eigenvalue weighted by molar-refractivity contribution is -0.140. The average Bonchev–Trinajstić information content (AvgIpc) is 3.41. The van der Waals surface area contributed by atoms with E-state index in [1.165, 1.54) is 10.6 Å². The minimum atomic E-state index is -1.47. The van der Waals surface area contributed by atoms with E-state index in [9.17, 15) is 19.5 Å². The SMILES string of the molecule is O=C(NC(CO)C(=O)O)c1cc2nc(-c3ccc(OCc4ccccc4)cc3)c(C3CCCCC3)c(=O)n2[nH]1. The summed E-state index contributed by atoms with van der Waals surface area (Å²) in [7, 11) is 0. The summed E-state index contributed by atoms with van der Waals surface area (Å²) in [6.45, 7) is -0.327. The maximum Gasteiger partial charge on any atom is 0.328 e. The largest absolute Gasteiger partial charge is 0.489 e. The molecule has 1 atom stereocenters. The molecule has 10 heteroatoms. The maximum atomic E-state index is 13.8. The smallest absolute Gasteiger partial charge is 0.328 e. The topological polar surface area (TPSA) is 146 Å². The van der Waals surface area contributed by atoms with Gasteiger partial charge in [0.05, 0.1) is 12.3 Å². The van der Waals surface area contributed by atoms with Gasteiger partial charge in [0.15, 0.2) is 11.7 Å². The molecule has 39 heavy (non-hydrogen) atoms. The molecule has 2 aromatic carbocycles. The number of aliphatic hydroxyl groups excluding tert-OH is 1. The van der Waals surface area contributed by atoms with Gasteiger partial charge in [-0.3, -0.25) is 14.7 Å². The summed E-state index contributed by atoms with van der Waals surface area (Å²) in [4.78, 5) is 42.4. The summed E-state index contributed by atoms with van der Waals surface area (Å²) in [6, 6.07) is 17.3. The third-order valence-corrected chi connectivity index (χ3v) is 7.07. The number of rotatable bonds is 9. The highest BCUT2D eigenvalue weighted by atomic mass is 16.5. The third kappa shape index (κ3) is 5.70. The van der Waals surface area contributed by atoms with Crippen molar-refractivity contribution in [2.75, 3.05) is 6.61 Å². The molecule has 0 aliphatic heterocycles. The highest BCUT2D eigenvalue weighted by Gasteiger charge is 2.27. The molecule has 2 aromatic heterocycles. The second kappa shape index (κ2) is 11.5. The number of nitrogens with zero attached hydrogens (tertiary/aromatic N) is 2. The second-order valence-corrected chi connectivity index (χ2v) is 9.72. The Hall–Kier alpha value is -4.44. The summed E-state index contributed by atoms with van der Waals surface area (Å²) in [5, 5.41) is 23.4. The molecule has 1 aliphatic carbocycles. The van der Waals surface area contributed by atoms with Crippen molar-refractivity contribution in [2.45, 2.75) is 50.7 Å². The Morgan fingerprint density at radius 1 is 1.08 bits per heavy atom. The molecule has 1 unspecified atom stereocenters. The maximum absolute atomic E-state index is 13.8. The highest BCUT2D eigenvalue weighted by Crippen LogP contribution is 2.36. The van der Waals surface area contributed by atoms with E-state index >= 15 is 0 Å². The number of carboxylic acid groups (broad SMARTS) is 1. The molecule has 1 fully saturated rings. The van der Waals surface area contributed by atoms with Crippen molar-refractivity contribution in [3.8, 4) is 17.0 Å². The van der Waals surface area contributed by atoms with E-state index in [0.29, 0.717) is 23.6 Å². The molecule has 1 saturated carbocycles. The minimum absolute atomic E-state index is 0.0318. The van der Waals surface area contributed by atoms with Crippen molar-refractivity contribution in [1.82, 2.24) is 19.9 Å². The van der Waals surface area contributed by atoms with Gasteiger partial charge in [-0.2, -0.15) is 0 Å². The molecule has 0 bridgehead atoms. The lowest BCUT2D eigenvalue weighted by atomic mass is 9.83. The van der Waals surface area contributed by atoms with Crippen LogP contribution in [0.3, 0.4) is 0 Å². The number of fused-ring (bicyclic) bond motifs is 1. The molecule has 1 amide bonds. The molecule has 4 aromatic rings. The Balaban J connectivity index is 1.49. The van der Waals surface area contributed by atoms with Gasteiger partial charge in [-0.1, -0.05) is 49.6 Å². The summed E-state index contributed by atoms with van der Waals surface area (Å²) in [5.74, 6) is -1.40. The van der Waals surface area contributed by atoms with Crippen LogP contribution < -0.4 is 15.6 Å². The fraction of sp³-hybridized carbons (Fsp3) is 0.310. The predicted molar refractivity (Wildman–Crippen MR) is 144 cm³/mol. The van der Waals surface area contributed by atoms with Crippen molar-refractivity contribution in [3.05, 3.63) is 87.8 Å². The van der Waals surface area contributed by atoms with Crippen LogP contribution in [-0.4, -0.2) is 49.3 Å². The van der Waals surface area contributed by atoms with Gasteiger partial charge in [0, 0.05) is 17.2 Å². The van der Waals surface area contributed by atoms with Gasteiger partial charge in [-0.05, 0) is 48.6 Å². The van der Waals surface area contributed by atoms with Gasteiger partial charge < -0.3 is 20.3 Å². The number of aromatic nitrogens is 3. The van der Waals surface area contributed by atoms with Crippen LogP contribution >= 0.6 is 0 Å². The highest BCUT2D eigenvalue weighted by molar-refractivity contribution is 5.95. The fourth-order valence-electron chi connectivity index (χ4n) is 5.00. The zero-order valence-electron chi connectivity index (χ0n) is 21.3.